The number of ether oxygens (including phenoxy) is 2. The highest BCUT2D eigenvalue weighted by Crippen LogP contribution is 2.13. The standard InChI is InChI=1S/C18H28N2O3.ClH/c1-13(2)12-23-16-6-4-15(5-7-16)8-9-20-18(21)17-14(3)22-11-10-19-17;/h4-7,13-14,17,19H,8-12H2,1-3H3,(H,20,21);1H/t14-,17+;/m1./s1. The smallest absolute Gasteiger partial charge is 0.239 e. The van der Waals surface area contributed by atoms with E-state index in [9.17, 15) is 4.79 Å². The van der Waals surface area contributed by atoms with Crippen molar-refractivity contribution in [2.75, 3.05) is 26.3 Å². The number of halogens is 1. The number of hydrogen-bond acceptors (Lipinski definition) is 4. The molecular weight excluding hydrogens is 328 g/mol. The molecule has 2 atom stereocenters. The summed E-state index contributed by atoms with van der Waals surface area (Å²) >= 11 is 0. The highest BCUT2D eigenvalue weighted by Gasteiger charge is 2.27. The second-order valence-corrected chi connectivity index (χ2v) is 6.40. The van der Waals surface area contributed by atoms with Gasteiger partial charge in [-0.1, -0.05) is 26.0 Å². The lowest BCUT2D eigenvalue weighted by Crippen LogP contribution is -2.55. The van der Waals surface area contributed by atoms with Gasteiger partial charge >= 0.3 is 0 Å². The highest BCUT2D eigenvalue weighted by atomic mass is 35.5. The van der Waals surface area contributed by atoms with Crippen molar-refractivity contribution in [2.24, 2.45) is 5.92 Å². The lowest BCUT2D eigenvalue weighted by molar-refractivity contribution is -0.128. The van der Waals surface area contributed by atoms with E-state index in [1.165, 1.54) is 5.56 Å². The van der Waals surface area contributed by atoms with Crippen LogP contribution in [0.1, 0.15) is 26.3 Å². The molecular formula is C18H29ClN2O3. The maximum Gasteiger partial charge on any atom is 0.239 e. The fourth-order valence-corrected chi connectivity index (χ4v) is 2.48. The topological polar surface area (TPSA) is 59.6 Å². The first-order chi connectivity index (χ1) is 11.1. The number of rotatable bonds is 7. The molecule has 136 valence electrons. The van der Waals surface area contributed by atoms with E-state index in [0.29, 0.717) is 19.1 Å². The summed E-state index contributed by atoms with van der Waals surface area (Å²) in [6.45, 7) is 8.91. The molecule has 1 amide bonds. The van der Waals surface area contributed by atoms with Crippen molar-refractivity contribution >= 4 is 18.3 Å². The van der Waals surface area contributed by atoms with E-state index in [2.05, 4.69) is 24.5 Å². The van der Waals surface area contributed by atoms with Crippen LogP contribution in [0.25, 0.3) is 0 Å². The van der Waals surface area contributed by atoms with Crippen LogP contribution in [0, 0.1) is 5.92 Å². The van der Waals surface area contributed by atoms with Crippen molar-refractivity contribution < 1.29 is 14.3 Å². The lowest BCUT2D eigenvalue weighted by Gasteiger charge is -2.29. The van der Waals surface area contributed by atoms with Gasteiger partial charge in [-0.05, 0) is 37.0 Å². The Balaban J connectivity index is 0.00000288. The van der Waals surface area contributed by atoms with Crippen LogP contribution >= 0.6 is 12.4 Å². The summed E-state index contributed by atoms with van der Waals surface area (Å²) in [4.78, 5) is 12.1. The SMILES string of the molecule is CC(C)COc1ccc(CCNC(=O)[C@H]2NCCO[C@@H]2C)cc1.Cl. The third-order valence-corrected chi connectivity index (χ3v) is 3.82. The second kappa shape index (κ2) is 10.5. The third kappa shape index (κ3) is 6.67. The first-order valence-corrected chi connectivity index (χ1v) is 8.40. The van der Waals surface area contributed by atoms with Crippen molar-refractivity contribution in [3.63, 3.8) is 0 Å². The van der Waals surface area contributed by atoms with Crippen LogP contribution in [0.3, 0.4) is 0 Å². The fraction of sp³-hybridized carbons (Fsp3) is 0.611. The van der Waals surface area contributed by atoms with Crippen LogP contribution < -0.4 is 15.4 Å². The number of carbonyl (C=O) groups is 1. The van der Waals surface area contributed by atoms with Gasteiger partial charge in [0.2, 0.25) is 5.91 Å². The quantitative estimate of drug-likeness (QED) is 0.786. The average Bonchev–Trinajstić information content (AvgIpc) is 2.54. The highest BCUT2D eigenvalue weighted by molar-refractivity contribution is 5.85. The lowest BCUT2D eigenvalue weighted by atomic mass is 10.1. The minimum Gasteiger partial charge on any atom is -0.493 e. The Bertz CT molecular complexity index is 494. The van der Waals surface area contributed by atoms with Gasteiger partial charge in [0.15, 0.2) is 0 Å². The second-order valence-electron chi connectivity index (χ2n) is 6.40. The van der Waals surface area contributed by atoms with Crippen molar-refractivity contribution in [3.05, 3.63) is 29.8 Å². The number of carbonyl (C=O) groups excluding carboxylic acids is 1. The molecule has 0 spiro atoms. The zero-order valence-electron chi connectivity index (χ0n) is 14.7. The zero-order valence-corrected chi connectivity index (χ0v) is 15.5. The van der Waals surface area contributed by atoms with Crippen LogP contribution in [0.4, 0.5) is 0 Å². The molecule has 24 heavy (non-hydrogen) atoms. The molecule has 5 nitrogen and oxygen atoms in total. The summed E-state index contributed by atoms with van der Waals surface area (Å²) in [6.07, 6.45) is 0.721. The number of amides is 1. The van der Waals surface area contributed by atoms with Gasteiger partial charge < -0.3 is 20.1 Å². The van der Waals surface area contributed by atoms with Gasteiger partial charge in [-0.3, -0.25) is 4.79 Å². The summed E-state index contributed by atoms with van der Waals surface area (Å²) in [5.74, 6) is 1.42. The first kappa shape index (κ1) is 20.7. The molecule has 6 heteroatoms. The molecule has 0 bridgehead atoms. The molecule has 2 N–H and O–H groups in total. The van der Waals surface area contributed by atoms with Gasteiger partial charge in [0.25, 0.3) is 0 Å². The summed E-state index contributed by atoms with van der Waals surface area (Å²) in [6, 6.07) is 7.81. The molecule has 1 aliphatic rings. The molecule has 0 radical (unpaired) electrons. The Morgan fingerprint density at radius 1 is 1.38 bits per heavy atom. The van der Waals surface area contributed by atoms with Crippen LogP contribution in [0.5, 0.6) is 5.75 Å². The Hall–Kier alpha value is -1.30. The molecule has 1 aromatic carbocycles. The molecule has 0 aromatic heterocycles. The normalized spacial score (nSPS) is 20.3. The van der Waals surface area contributed by atoms with Crippen LogP contribution in [-0.4, -0.2) is 44.4 Å². The third-order valence-electron chi connectivity index (χ3n) is 3.82. The monoisotopic (exact) mass is 356 g/mol. The van der Waals surface area contributed by atoms with Crippen LogP contribution in [-0.2, 0) is 16.0 Å². The molecule has 0 aliphatic carbocycles. The number of nitrogens with one attached hydrogen (secondary N) is 2. The fourth-order valence-electron chi connectivity index (χ4n) is 2.48. The van der Waals surface area contributed by atoms with Crippen molar-refractivity contribution in [2.45, 2.75) is 39.3 Å². The zero-order chi connectivity index (χ0) is 16.7. The van der Waals surface area contributed by atoms with Crippen molar-refractivity contribution in [3.8, 4) is 5.75 Å². The molecule has 1 heterocycles. The van der Waals surface area contributed by atoms with E-state index in [0.717, 1.165) is 25.3 Å². The van der Waals surface area contributed by atoms with E-state index in [1.54, 1.807) is 0 Å². The predicted molar refractivity (Wildman–Crippen MR) is 97.9 cm³/mol. The Labute approximate surface area is 150 Å². The van der Waals surface area contributed by atoms with Crippen LogP contribution in [0.2, 0.25) is 0 Å². The van der Waals surface area contributed by atoms with Gasteiger partial charge in [0.1, 0.15) is 11.8 Å². The summed E-state index contributed by atoms with van der Waals surface area (Å²) in [5, 5.41) is 6.17. The molecule has 1 aliphatic heterocycles. The van der Waals surface area contributed by atoms with Crippen molar-refractivity contribution in [1.82, 2.24) is 10.6 Å². The van der Waals surface area contributed by atoms with Gasteiger partial charge in [-0.2, -0.15) is 0 Å². The average molecular weight is 357 g/mol. The Kier molecular flexibility index (Phi) is 9.11. The number of morpholine rings is 1. The van der Waals surface area contributed by atoms with Crippen molar-refractivity contribution in [1.29, 1.82) is 0 Å². The van der Waals surface area contributed by atoms with E-state index < -0.39 is 0 Å². The summed E-state index contributed by atoms with van der Waals surface area (Å²) in [7, 11) is 0. The largest absolute Gasteiger partial charge is 0.493 e. The first-order valence-electron chi connectivity index (χ1n) is 8.40. The van der Waals surface area contributed by atoms with Gasteiger partial charge in [0.05, 0.1) is 19.3 Å². The number of benzene rings is 1. The molecule has 1 saturated heterocycles. The molecule has 0 unspecified atom stereocenters. The van der Waals surface area contributed by atoms with Gasteiger partial charge in [0, 0.05) is 13.1 Å². The summed E-state index contributed by atoms with van der Waals surface area (Å²) in [5.41, 5.74) is 1.18. The van der Waals surface area contributed by atoms with Gasteiger partial charge in [-0.25, -0.2) is 0 Å². The van der Waals surface area contributed by atoms with E-state index >= 15 is 0 Å². The molecule has 1 aromatic rings. The minimum atomic E-state index is -0.254. The van der Waals surface area contributed by atoms with E-state index in [1.807, 2.05) is 31.2 Å². The summed E-state index contributed by atoms with van der Waals surface area (Å²) < 4.78 is 11.2. The Morgan fingerprint density at radius 2 is 2.08 bits per heavy atom. The molecule has 1 fully saturated rings. The Morgan fingerprint density at radius 3 is 2.71 bits per heavy atom. The maximum atomic E-state index is 12.1. The van der Waals surface area contributed by atoms with E-state index in [4.69, 9.17) is 9.47 Å². The molecule has 2 rings (SSSR count). The van der Waals surface area contributed by atoms with Gasteiger partial charge in [-0.15, -0.1) is 12.4 Å². The predicted octanol–water partition coefficient (Wildman–Crippen LogP) is 2.18. The van der Waals surface area contributed by atoms with Crippen LogP contribution in [0.15, 0.2) is 24.3 Å². The molecule has 0 saturated carbocycles. The minimum absolute atomic E-state index is 0. The maximum absolute atomic E-state index is 12.1. The number of hydrogen-bond donors (Lipinski definition) is 2. The van der Waals surface area contributed by atoms with E-state index in [-0.39, 0.29) is 30.5 Å².